The average Bonchev–Trinajstić information content (AvgIpc) is 2.62. The van der Waals surface area contributed by atoms with Gasteiger partial charge in [0, 0.05) is 6.54 Å². The number of aliphatic carboxylic acids is 1. The third-order valence-corrected chi connectivity index (χ3v) is 2.70. The topological polar surface area (TPSA) is 70.5 Å². The van der Waals surface area contributed by atoms with Gasteiger partial charge in [0.05, 0.1) is 11.2 Å². The third kappa shape index (κ3) is 3.16. The van der Waals surface area contributed by atoms with Gasteiger partial charge in [-0.2, -0.15) is 0 Å². The van der Waals surface area contributed by atoms with Crippen molar-refractivity contribution < 1.29 is 14.7 Å². The number of carbonyl (C=O) groups is 2. The van der Waals surface area contributed by atoms with E-state index in [1.165, 1.54) is 28.5 Å². The lowest BCUT2D eigenvalue weighted by Gasteiger charge is -2.17. The van der Waals surface area contributed by atoms with Gasteiger partial charge < -0.3 is 10.0 Å². The van der Waals surface area contributed by atoms with Gasteiger partial charge in [0.1, 0.15) is 11.4 Å². The van der Waals surface area contributed by atoms with Crippen molar-refractivity contribution in [2.24, 2.45) is 0 Å². The first-order valence-corrected chi connectivity index (χ1v) is 5.40. The Kier molecular flexibility index (Phi) is 4.19. The Balaban J connectivity index is 2.81. The van der Waals surface area contributed by atoms with Crippen LogP contribution in [0.4, 0.5) is 0 Å². The fraction of sp³-hybridized carbons (Fsp3) is 0.300. The van der Waals surface area contributed by atoms with Crippen LogP contribution in [0.1, 0.15) is 14.7 Å². The molecule has 0 unspecified atom stereocenters. The molecule has 0 aromatic carbocycles. The highest BCUT2D eigenvalue weighted by Gasteiger charge is 2.19. The van der Waals surface area contributed by atoms with Gasteiger partial charge >= 0.3 is 5.97 Å². The van der Waals surface area contributed by atoms with E-state index in [4.69, 9.17) is 5.11 Å². The molecule has 0 radical (unpaired) electrons. The van der Waals surface area contributed by atoms with E-state index in [2.05, 4.69) is 11.6 Å². The minimum atomic E-state index is -1.04. The highest BCUT2D eigenvalue weighted by Crippen LogP contribution is 2.14. The summed E-state index contributed by atoms with van der Waals surface area (Å²) in [5, 5.41) is 9.45. The Bertz CT molecular complexity index is 414. The molecule has 1 heterocycles. The molecule has 1 aromatic rings. The van der Waals surface area contributed by atoms with Gasteiger partial charge in [-0.15, -0.1) is 17.9 Å². The zero-order valence-electron chi connectivity index (χ0n) is 8.84. The number of amides is 1. The summed E-state index contributed by atoms with van der Waals surface area (Å²) in [4.78, 5) is 28.1. The van der Waals surface area contributed by atoms with Gasteiger partial charge in [-0.05, 0) is 6.92 Å². The second kappa shape index (κ2) is 5.41. The number of hydrogen-bond donors (Lipinski definition) is 1. The van der Waals surface area contributed by atoms with E-state index in [0.717, 1.165) is 5.01 Å². The summed E-state index contributed by atoms with van der Waals surface area (Å²) in [6, 6.07) is 0. The molecule has 1 aromatic heterocycles. The summed E-state index contributed by atoms with van der Waals surface area (Å²) in [5.74, 6) is -1.37. The monoisotopic (exact) mass is 240 g/mol. The zero-order valence-corrected chi connectivity index (χ0v) is 9.66. The molecule has 0 saturated carbocycles. The molecule has 0 fully saturated rings. The number of rotatable bonds is 5. The van der Waals surface area contributed by atoms with Gasteiger partial charge in [0.2, 0.25) is 0 Å². The summed E-state index contributed by atoms with van der Waals surface area (Å²) in [7, 11) is 0. The number of aryl methyl sites for hydroxylation is 1. The Morgan fingerprint density at radius 1 is 1.69 bits per heavy atom. The van der Waals surface area contributed by atoms with Crippen LogP contribution >= 0.6 is 11.3 Å². The van der Waals surface area contributed by atoms with Crippen molar-refractivity contribution in [3.05, 3.63) is 28.7 Å². The molecule has 0 spiro atoms. The van der Waals surface area contributed by atoms with Crippen LogP contribution in [0, 0.1) is 6.92 Å². The first kappa shape index (κ1) is 12.4. The van der Waals surface area contributed by atoms with Crippen molar-refractivity contribution in [1.82, 2.24) is 9.88 Å². The lowest BCUT2D eigenvalue weighted by molar-refractivity contribution is -0.137. The maximum Gasteiger partial charge on any atom is 0.323 e. The number of carboxylic acid groups (broad SMARTS) is 1. The molecular weight excluding hydrogens is 228 g/mol. The lowest BCUT2D eigenvalue weighted by atomic mass is 10.4. The van der Waals surface area contributed by atoms with Crippen LogP contribution in [0.3, 0.4) is 0 Å². The van der Waals surface area contributed by atoms with Crippen LogP contribution in [-0.4, -0.2) is 40.0 Å². The maximum absolute atomic E-state index is 11.9. The second-order valence-corrected chi connectivity index (χ2v) is 4.35. The third-order valence-electron chi connectivity index (χ3n) is 1.79. The SMILES string of the molecule is C=CCN(CC(=O)O)C(=O)c1cnc(C)s1. The fourth-order valence-electron chi connectivity index (χ4n) is 1.15. The van der Waals surface area contributed by atoms with Gasteiger partial charge in [-0.3, -0.25) is 9.59 Å². The normalized spacial score (nSPS) is 9.81. The van der Waals surface area contributed by atoms with Crippen molar-refractivity contribution in [2.45, 2.75) is 6.92 Å². The Hall–Kier alpha value is -1.69. The molecule has 0 saturated heterocycles. The maximum atomic E-state index is 11.9. The zero-order chi connectivity index (χ0) is 12.1. The van der Waals surface area contributed by atoms with Crippen LogP contribution in [0.15, 0.2) is 18.9 Å². The summed E-state index contributed by atoms with van der Waals surface area (Å²) in [5.41, 5.74) is 0. The van der Waals surface area contributed by atoms with Gasteiger partial charge in [0.15, 0.2) is 0 Å². The molecule has 0 bridgehead atoms. The second-order valence-electron chi connectivity index (χ2n) is 3.11. The van der Waals surface area contributed by atoms with Crippen LogP contribution in [-0.2, 0) is 4.79 Å². The predicted molar refractivity (Wildman–Crippen MR) is 60.6 cm³/mol. The predicted octanol–water partition coefficient (Wildman–Crippen LogP) is 1.16. The van der Waals surface area contributed by atoms with Gasteiger partial charge in [-0.1, -0.05) is 6.08 Å². The summed E-state index contributed by atoms with van der Waals surface area (Å²) in [6.45, 7) is 5.16. The molecule has 0 atom stereocenters. The quantitative estimate of drug-likeness (QED) is 0.784. The largest absolute Gasteiger partial charge is 0.480 e. The van der Waals surface area contributed by atoms with E-state index in [1.807, 2.05) is 0 Å². The van der Waals surface area contributed by atoms with E-state index in [-0.39, 0.29) is 19.0 Å². The Morgan fingerprint density at radius 2 is 2.38 bits per heavy atom. The molecule has 16 heavy (non-hydrogen) atoms. The highest BCUT2D eigenvalue weighted by atomic mass is 32.1. The average molecular weight is 240 g/mol. The molecule has 5 nitrogen and oxygen atoms in total. The minimum Gasteiger partial charge on any atom is -0.480 e. The Labute approximate surface area is 97.0 Å². The van der Waals surface area contributed by atoms with Gasteiger partial charge in [0.25, 0.3) is 5.91 Å². The van der Waals surface area contributed by atoms with Crippen molar-refractivity contribution in [1.29, 1.82) is 0 Å². The van der Waals surface area contributed by atoms with Crippen molar-refractivity contribution in [2.75, 3.05) is 13.1 Å². The molecule has 0 aliphatic carbocycles. The van der Waals surface area contributed by atoms with E-state index in [9.17, 15) is 9.59 Å². The van der Waals surface area contributed by atoms with E-state index >= 15 is 0 Å². The summed E-state index contributed by atoms with van der Waals surface area (Å²) >= 11 is 1.25. The first-order valence-electron chi connectivity index (χ1n) is 4.59. The number of thiazole rings is 1. The standard InChI is InChI=1S/C10H12N2O3S/c1-3-4-12(6-9(13)14)10(15)8-5-11-7(2)16-8/h3,5H,1,4,6H2,2H3,(H,13,14). The van der Waals surface area contributed by atoms with Crippen molar-refractivity contribution >= 4 is 23.2 Å². The molecule has 1 N–H and O–H groups in total. The van der Waals surface area contributed by atoms with Crippen LogP contribution < -0.4 is 0 Å². The molecule has 1 amide bonds. The van der Waals surface area contributed by atoms with Crippen LogP contribution in [0.25, 0.3) is 0 Å². The molecule has 1 rings (SSSR count). The van der Waals surface area contributed by atoms with Crippen LogP contribution in [0.5, 0.6) is 0 Å². The van der Waals surface area contributed by atoms with E-state index < -0.39 is 5.97 Å². The Morgan fingerprint density at radius 3 is 2.81 bits per heavy atom. The molecule has 0 aliphatic rings. The highest BCUT2D eigenvalue weighted by molar-refractivity contribution is 7.13. The molecular formula is C10H12N2O3S. The number of carboxylic acids is 1. The molecule has 6 heteroatoms. The molecule has 86 valence electrons. The van der Waals surface area contributed by atoms with Crippen molar-refractivity contribution in [3.63, 3.8) is 0 Å². The first-order chi connectivity index (χ1) is 7.54. The number of hydrogen-bond acceptors (Lipinski definition) is 4. The molecule has 0 aliphatic heterocycles. The number of nitrogens with zero attached hydrogens (tertiary/aromatic N) is 2. The number of aromatic nitrogens is 1. The smallest absolute Gasteiger partial charge is 0.323 e. The summed E-state index contributed by atoms with van der Waals surface area (Å²) < 4.78 is 0. The fourth-order valence-corrected chi connectivity index (χ4v) is 1.90. The number of carbonyl (C=O) groups excluding carboxylic acids is 1. The van der Waals surface area contributed by atoms with E-state index in [1.54, 1.807) is 6.92 Å². The summed E-state index contributed by atoms with van der Waals surface area (Å²) in [6.07, 6.45) is 2.95. The van der Waals surface area contributed by atoms with Crippen LogP contribution in [0.2, 0.25) is 0 Å². The lowest BCUT2D eigenvalue weighted by Crippen LogP contribution is -2.35. The van der Waals surface area contributed by atoms with Gasteiger partial charge in [-0.25, -0.2) is 4.98 Å². The van der Waals surface area contributed by atoms with Crippen molar-refractivity contribution in [3.8, 4) is 0 Å². The minimum absolute atomic E-state index is 0.210. The van der Waals surface area contributed by atoms with E-state index in [0.29, 0.717) is 4.88 Å².